The number of carbonyl (C=O) groups excluding carboxylic acids is 1. The van der Waals surface area contributed by atoms with Crippen LogP contribution >= 0.6 is 10.7 Å². The molecule has 15 heavy (non-hydrogen) atoms. The molecule has 8 heteroatoms. The number of methoxy groups -OCH3 is 1. The van der Waals surface area contributed by atoms with Gasteiger partial charge in [-0.1, -0.05) is 0 Å². The van der Waals surface area contributed by atoms with Gasteiger partial charge in [0.05, 0.1) is 13.3 Å². The Kier molecular flexibility index (Phi) is 3.35. The second-order valence-electron chi connectivity index (χ2n) is 2.79. The first-order valence-electron chi connectivity index (χ1n) is 3.93. The zero-order valence-corrected chi connectivity index (χ0v) is 9.62. The molecule has 1 heterocycles. The highest BCUT2D eigenvalue weighted by Gasteiger charge is 2.19. The van der Waals surface area contributed by atoms with Crippen molar-refractivity contribution in [3.8, 4) is 0 Å². The molecule has 0 spiro atoms. The predicted octanol–water partition coefficient (Wildman–Crippen LogP) is 0.545. The minimum atomic E-state index is -3.81. The van der Waals surface area contributed by atoms with Crippen LogP contribution in [0.2, 0.25) is 0 Å². The third-order valence-electron chi connectivity index (χ3n) is 1.80. The van der Waals surface area contributed by atoms with Crippen LogP contribution in [0.4, 0.5) is 0 Å². The molecule has 0 aliphatic carbocycles. The van der Waals surface area contributed by atoms with Crippen molar-refractivity contribution in [2.45, 2.75) is 17.9 Å². The zero-order valence-electron chi connectivity index (χ0n) is 8.05. The first-order chi connectivity index (χ1) is 6.86. The molecule has 1 rings (SSSR count). The van der Waals surface area contributed by atoms with Gasteiger partial charge in [-0.25, -0.2) is 13.2 Å². The summed E-state index contributed by atoms with van der Waals surface area (Å²) in [5, 5.41) is 3.70. The topological polar surface area (TPSA) is 78.3 Å². The molecule has 0 bridgehead atoms. The van der Waals surface area contributed by atoms with E-state index < -0.39 is 21.1 Å². The number of hydrogen-bond acceptors (Lipinski definition) is 5. The largest absolute Gasteiger partial charge is 0.467 e. The van der Waals surface area contributed by atoms with Crippen LogP contribution in [0.25, 0.3) is 0 Å². The van der Waals surface area contributed by atoms with E-state index in [1.807, 2.05) is 0 Å². The monoisotopic (exact) mass is 252 g/mol. The van der Waals surface area contributed by atoms with Crippen LogP contribution < -0.4 is 0 Å². The van der Waals surface area contributed by atoms with Crippen molar-refractivity contribution in [1.29, 1.82) is 0 Å². The summed E-state index contributed by atoms with van der Waals surface area (Å²) in [7, 11) is 2.52. The lowest BCUT2D eigenvalue weighted by Crippen LogP contribution is -2.18. The highest BCUT2D eigenvalue weighted by molar-refractivity contribution is 8.13. The highest BCUT2D eigenvalue weighted by atomic mass is 35.7. The van der Waals surface area contributed by atoms with Gasteiger partial charge in [0.25, 0.3) is 9.05 Å². The number of carbonyl (C=O) groups is 1. The number of ether oxygens (including phenoxy) is 1. The Morgan fingerprint density at radius 1 is 1.67 bits per heavy atom. The van der Waals surface area contributed by atoms with Crippen LogP contribution in [0.3, 0.4) is 0 Å². The number of rotatable bonds is 3. The normalized spacial score (nSPS) is 13.5. The van der Waals surface area contributed by atoms with Crippen LogP contribution in [-0.2, 0) is 18.6 Å². The van der Waals surface area contributed by atoms with E-state index in [2.05, 4.69) is 9.84 Å². The Labute approximate surface area is 91.2 Å². The van der Waals surface area contributed by atoms with Gasteiger partial charge in [-0.05, 0) is 6.92 Å². The van der Waals surface area contributed by atoms with Crippen molar-refractivity contribution in [1.82, 2.24) is 9.78 Å². The fourth-order valence-electron chi connectivity index (χ4n) is 0.937. The smallest absolute Gasteiger partial charge is 0.330 e. The minimum absolute atomic E-state index is 0.153. The van der Waals surface area contributed by atoms with Gasteiger partial charge in [0.2, 0.25) is 0 Å². The van der Waals surface area contributed by atoms with E-state index in [4.69, 9.17) is 10.7 Å². The Balaban J connectivity index is 3.00. The van der Waals surface area contributed by atoms with Crippen LogP contribution in [0.15, 0.2) is 17.3 Å². The third-order valence-corrected chi connectivity index (χ3v) is 3.11. The summed E-state index contributed by atoms with van der Waals surface area (Å²) in [5.74, 6) is -0.517. The molecule has 0 aliphatic heterocycles. The summed E-state index contributed by atoms with van der Waals surface area (Å²) in [4.78, 5) is 11.0. The van der Waals surface area contributed by atoms with Gasteiger partial charge >= 0.3 is 5.97 Å². The standard InChI is InChI=1S/C7H9ClN2O4S/c1-5(7(11)14-2)10-4-6(3-9-10)15(8,12)13/h3-5H,1-2H3. The number of nitrogens with zero attached hydrogens (tertiary/aromatic N) is 2. The summed E-state index contributed by atoms with van der Waals surface area (Å²) in [5.41, 5.74) is 0. The number of aromatic nitrogens is 2. The second kappa shape index (κ2) is 4.19. The van der Waals surface area contributed by atoms with Gasteiger partial charge in [0.15, 0.2) is 0 Å². The predicted molar refractivity (Wildman–Crippen MR) is 52.0 cm³/mol. The summed E-state index contributed by atoms with van der Waals surface area (Å²) in [6.07, 6.45) is 2.24. The summed E-state index contributed by atoms with van der Waals surface area (Å²) in [6.45, 7) is 1.53. The van der Waals surface area contributed by atoms with Gasteiger partial charge in [0.1, 0.15) is 10.9 Å². The average molecular weight is 253 g/mol. The Bertz CT molecular complexity index is 467. The number of esters is 1. The minimum Gasteiger partial charge on any atom is -0.467 e. The lowest BCUT2D eigenvalue weighted by atomic mass is 10.3. The SMILES string of the molecule is COC(=O)C(C)n1cc(S(=O)(=O)Cl)cn1. The van der Waals surface area contributed by atoms with Gasteiger partial charge in [-0.15, -0.1) is 0 Å². The molecule has 0 saturated carbocycles. The van der Waals surface area contributed by atoms with Crippen molar-refractivity contribution in [3.63, 3.8) is 0 Å². The molecule has 1 aromatic heterocycles. The maximum atomic E-state index is 11.1. The fraction of sp³-hybridized carbons (Fsp3) is 0.429. The number of hydrogen-bond donors (Lipinski definition) is 0. The lowest BCUT2D eigenvalue weighted by molar-refractivity contribution is -0.144. The number of halogens is 1. The molecule has 0 aromatic carbocycles. The molecule has 0 fully saturated rings. The van der Waals surface area contributed by atoms with Crippen LogP contribution in [0.5, 0.6) is 0 Å². The first kappa shape index (κ1) is 12.0. The lowest BCUT2D eigenvalue weighted by Gasteiger charge is -2.08. The van der Waals surface area contributed by atoms with Crippen LogP contribution in [0, 0.1) is 0 Å². The van der Waals surface area contributed by atoms with Gasteiger partial charge < -0.3 is 4.74 Å². The van der Waals surface area contributed by atoms with E-state index in [1.165, 1.54) is 24.9 Å². The van der Waals surface area contributed by atoms with E-state index in [0.717, 1.165) is 6.20 Å². The van der Waals surface area contributed by atoms with E-state index in [-0.39, 0.29) is 4.90 Å². The van der Waals surface area contributed by atoms with Crippen molar-refractivity contribution in [3.05, 3.63) is 12.4 Å². The molecule has 6 nitrogen and oxygen atoms in total. The van der Waals surface area contributed by atoms with E-state index in [9.17, 15) is 13.2 Å². The molecule has 0 radical (unpaired) electrons. The maximum absolute atomic E-state index is 11.1. The van der Waals surface area contributed by atoms with Gasteiger partial charge in [0, 0.05) is 16.9 Å². The van der Waals surface area contributed by atoms with E-state index in [0.29, 0.717) is 0 Å². The maximum Gasteiger partial charge on any atom is 0.330 e. The molecule has 84 valence electrons. The van der Waals surface area contributed by atoms with Crippen molar-refractivity contribution in [2.24, 2.45) is 0 Å². The van der Waals surface area contributed by atoms with Gasteiger partial charge in [-0.2, -0.15) is 5.10 Å². The summed E-state index contributed by atoms with van der Waals surface area (Å²) >= 11 is 0. The molecule has 0 N–H and O–H groups in total. The van der Waals surface area contributed by atoms with Crippen molar-refractivity contribution in [2.75, 3.05) is 7.11 Å². The van der Waals surface area contributed by atoms with Crippen molar-refractivity contribution >= 4 is 25.7 Å². The quantitative estimate of drug-likeness (QED) is 0.580. The fourth-order valence-corrected chi connectivity index (χ4v) is 1.58. The van der Waals surface area contributed by atoms with Crippen LogP contribution in [-0.4, -0.2) is 31.3 Å². The molecule has 0 amide bonds. The molecule has 0 aliphatic rings. The second-order valence-corrected chi connectivity index (χ2v) is 5.36. The van der Waals surface area contributed by atoms with E-state index in [1.54, 1.807) is 0 Å². The zero-order chi connectivity index (χ0) is 11.6. The molecule has 1 aromatic rings. The molecule has 1 unspecified atom stereocenters. The Morgan fingerprint density at radius 2 is 2.27 bits per heavy atom. The Hall–Kier alpha value is -1.08. The molecule has 1 atom stereocenters. The third kappa shape index (κ3) is 2.69. The average Bonchev–Trinajstić information content (AvgIpc) is 2.63. The highest BCUT2D eigenvalue weighted by Crippen LogP contribution is 2.16. The first-order valence-corrected chi connectivity index (χ1v) is 6.24. The van der Waals surface area contributed by atoms with Crippen molar-refractivity contribution < 1.29 is 17.9 Å². The molecule has 0 saturated heterocycles. The van der Waals surface area contributed by atoms with E-state index >= 15 is 0 Å². The summed E-state index contributed by atoms with van der Waals surface area (Å²) in [6, 6.07) is -0.692. The Morgan fingerprint density at radius 3 is 2.67 bits per heavy atom. The summed E-state index contributed by atoms with van der Waals surface area (Å²) < 4.78 is 27.5. The van der Waals surface area contributed by atoms with Gasteiger partial charge in [-0.3, -0.25) is 4.68 Å². The molecular weight excluding hydrogens is 244 g/mol. The molecular formula is C7H9ClN2O4S. The van der Waals surface area contributed by atoms with Crippen LogP contribution in [0.1, 0.15) is 13.0 Å².